The zero-order valence-electron chi connectivity index (χ0n) is 14.1. The van der Waals surface area contributed by atoms with E-state index in [4.69, 9.17) is 0 Å². The van der Waals surface area contributed by atoms with Crippen molar-refractivity contribution in [1.29, 1.82) is 0 Å². The van der Waals surface area contributed by atoms with Crippen LogP contribution in [-0.2, 0) is 4.79 Å². The molecule has 1 spiro atoms. The third-order valence-corrected chi connectivity index (χ3v) is 5.52. The molecule has 3 heterocycles. The number of nitrogens with zero attached hydrogens (tertiary/aromatic N) is 4. The summed E-state index contributed by atoms with van der Waals surface area (Å²) >= 11 is 0. The minimum atomic E-state index is -0.522. The van der Waals surface area contributed by atoms with Crippen LogP contribution < -0.4 is 0 Å². The van der Waals surface area contributed by atoms with Crippen molar-refractivity contribution in [3.05, 3.63) is 59.9 Å². The van der Waals surface area contributed by atoms with E-state index in [1.807, 2.05) is 25.2 Å². The van der Waals surface area contributed by atoms with Crippen molar-refractivity contribution in [3.8, 4) is 0 Å². The van der Waals surface area contributed by atoms with Gasteiger partial charge in [0.25, 0.3) is 5.91 Å². The summed E-state index contributed by atoms with van der Waals surface area (Å²) in [5.74, 6) is 0.171. The lowest BCUT2D eigenvalue weighted by Crippen LogP contribution is -2.39. The maximum absolute atomic E-state index is 13.0. The Kier molecular flexibility index (Phi) is 3.75. The van der Waals surface area contributed by atoms with Gasteiger partial charge < -0.3 is 9.80 Å². The van der Waals surface area contributed by atoms with Crippen molar-refractivity contribution in [1.82, 2.24) is 20.0 Å². The van der Waals surface area contributed by atoms with E-state index in [0.29, 0.717) is 31.6 Å². The third kappa shape index (κ3) is 2.49. The van der Waals surface area contributed by atoms with E-state index < -0.39 is 5.41 Å². The highest BCUT2D eigenvalue weighted by Gasteiger charge is 2.57. The Hall–Kier alpha value is -2.76. The summed E-state index contributed by atoms with van der Waals surface area (Å²) in [5, 5.41) is 7.50. The standard InChI is InChI=1S/C19H20N4O2/c1-22-12-16(14-5-3-2-4-6-14)19(18(22)25)8-10-23(13-19)17(24)15-7-9-20-21-11-15/h2-7,9,11,16H,8,10,12-13H2,1H3/t16-,19+/m1/s1. The molecule has 6 heteroatoms. The fourth-order valence-corrected chi connectivity index (χ4v) is 4.24. The predicted octanol–water partition coefficient (Wildman–Crippen LogP) is 1.56. The second-order valence-electron chi connectivity index (χ2n) is 6.91. The zero-order chi connectivity index (χ0) is 17.4. The van der Waals surface area contributed by atoms with E-state index in [0.717, 1.165) is 0 Å². The molecule has 0 saturated carbocycles. The second kappa shape index (κ2) is 5.95. The number of amides is 2. The molecule has 2 aromatic rings. The number of likely N-dealkylation sites (N-methyl/N-ethyl adjacent to an activating group) is 1. The van der Waals surface area contributed by atoms with Crippen LogP contribution in [0.3, 0.4) is 0 Å². The van der Waals surface area contributed by atoms with E-state index in [1.54, 1.807) is 15.9 Å². The van der Waals surface area contributed by atoms with Crippen LogP contribution >= 0.6 is 0 Å². The van der Waals surface area contributed by atoms with Gasteiger partial charge in [-0.25, -0.2) is 0 Å². The Morgan fingerprint density at radius 3 is 2.72 bits per heavy atom. The van der Waals surface area contributed by atoms with E-state index >= 15 is 0 Å². The molecule has 2 aliphatic rings. The Morgan fingerprint density at radius 2 is 2.00 bits per heavy atom. The summed E-state index contributed by atoms with van der Waals surface area (Å²) in [5.41, 5.74) is 1.16. The van der Waals surface area contributed by atoms with Crippen LogP contribution in [0.25, 0.3) is 0 Å². The van der Waals surface area contributed by atoms with Crippen molar-refractivity contribution in [2.45, 2.75) is 12.3 Å². The summed E-state index contributed by atoms with van der Waals surface area (Å²) in [4.78, 5) is 29.3. The maximum Gasteiger partial charge on any atom is 0.255 e. The van der Waals surface area contributed by atoms with Gasteiger partial charge in [-0.3, -0.25) is 9.59 Å². The van der Waals surface area contributed by atoms with Gasteiger partial charge in [-0.15, -0.1) is 0 Å². The molecule has 2 saturated heterocycles. The minimum absolute atomic E-state index is 0.0825. The smallest absolute Gasteiger partial charge is 0.255 e. The number of likely N-dealkylation sites (tertiary alicyclic amines) is 2. The molecule has 1 aromatic carbocycles. The largest absolute Gasteiger partial charge is 0.345 e. The van der Waals surface area contributed by atoms with Crippen LogP contribution in [0.4, 0.5) is 0 Å². The molecule has 2 aliphatic heterocycles. The van der Waals surface area contributed by atoms with Crippen LogP contribution in [0.15, 0.2) is 48.8 Å². The van der Waals surface area contributed by atoms with Gasteiger partial charge in [-0.2, -0.15) is 10.2 Å². The number of hydrogen-bond acceptors (Lipinski definition) is 4. The van der Waals surface area contributed by atoms with Gasteiger partial charge >= 0.3 is 0 Å². The maximum atomic E-state index is 13.0. The number of carbonyl (C=O) groups excluding carboxylic acids is 2. The monoisotopic (exact) mass is 336 g/mol. The molecule has 2 amide bonds. The van der Waals surface area contributed by atoms with Gasteiger partial charge in [0.05, 0.1) is 23.4 Å². The lowest BCUT2D eigenvalue weighted by molar-refractivity contribution is -0.134. The Bertz CT molecular complexity index is 796. The van der Waals surface area contributed by atoms with E-state index in [-0.39, 0.29) is 17.7 Å². The molecule has 0 aliphatic carbocycles. The number of rotatable bonds is 2. The fraction of sp³-hybridized carbons (Fsp3) is 0.368. The Balaban J connectivity index is 1.64. The molecule has 2 fully saturated rings. The van der Waals surface area contributed by atoms with Gasteiger partial charge in [0.15, 0.2) is 0 Å². The number of benzene rings is 1. The normalized spacial score (nSPS) is 25.8. The lowest BCUT2D eigenvalue weighted by Gasteiger charge is -2.28. The van der Waals surface area contributed by atoms with Crippen LogP contribution in [0.2, 0.25) is 0 Å². The molecule has 0 unspecified atom stereocenters. The van der Waals surface area contributed by atoms with E-state index in [2.05, 4.69) is 22.3 Å². The summed E-state index contributed by atoms with van der Waals surface area (Å²) in [6.45, 7) is 1.74. The molecule has 0 N–H and O–H groups in total. The van der Waals surface area contributed by atoms with Gasteiger partial charge in [0.1, 0.15) is 0 Å². The number of aromatic nitrogens is 2. The van der Waals surface area contributed by atoms with Crippen LogP contribution in [0, 0.1) is 5.41 Å². The Morgan fingerprint density at radius 1 is 1.20 bits per heavy atom. The van der Waals surface area contributed by atoms with Crippen molar-refractivity contribution >= 4 is 11.8 Å². The first-order chi connectivity index (χ1) is 12.1. The van der Waals surface area contributed by atoms with Gasteiger partial charge in [0.2, 0.25) is 5.91 Å². The van der Waals surface area contributed by atoms with Crippen LogP contribution in [0.5, 0.6) is 0 Å². The molecule has 6 nitrogen and oxygen atoms in total. The molecule has 1 aromatic heterocycles. The fourth-order valence-electron chi connectivity index (χ4n) is 4.24. The minimum Gasteiger partial charge on any atom is -0.345 e. The molecular weight excluding hydrogens is 316 g/mol. The Labute approximate surface area is 146 Å². The topological polar surface area (TPSA) is 66.4 Å². The quantitative estimate of drug-likeness (QED) is 0.835. The molecule has 0 radical (unpaired) electrons. The molecule has 25 heavy (non-hydrogen) atoms. The van der Waals surface area contributed by atoms with E-state index in [1.165, 1.54) is 18.0 Å². The zero-order valence-corrected chi connectivity index (χ0v) is 14.1. The van der Waals surface area contributed by atoms with Crippen molar-refractivity contribution in [2.24, 2.45) is 5.41 Å². The predicted molar refractivity (Wildman–Crippen MR) is 91.8 cm³/mol. The first kappa shape index (κ1) is 15.7. The van der Waals surface area contributed by atoms with Gasteiger partial charge in [0, 0.05) is 32.6 Å². The van der Waals surface area contributed by atoms with Crippen molar-refractivity contribution in [2.75, 3.05) is 26.7 Å². The van der Waals surface area contributed by atoms with Crippen molar-refractivity contribution < 1.29 is 9.59 Å². The highest BCUT2D eigenvalue weighted by atomic mass is 16.2. The first-order valence-corrected chi connectivity index (χ1v) is 8.48. The van der Waals surface area contributed by atoms with Crippen LogP contribution in [0.1, 0.15) is 28.3 Å². The molecule has 128 valence electrons. The average molecular weight is 336 g/mol. The van der Waals surface area contributed by atoms with Gasteiger partial charge in [-0.05, 0) is 18.1 Å². The molecule has 2 atom stereocenters. The van der Waals surface area contributed by atoms with Crippen LogP contribution in [-0.4, -0.2) is 58.5 Å². The first-order valence-electron chi connectivity index (χ1n) is 8.48. The number of carbonyl (C=O) groups is 2. The van der Waals surface area contributed by atoms with E-state index in [9.17, 15) is 9.59 Å². The molecule has 4 rings (SSSR count). The van der Waals surface area contributed by atoms with Crippen molar-refractivity contribution in [3.63, 3.8) is 0 Å². The highest BCUT2D eigenvalue weighted by Crippen LogP contribution is 2.49. The second-order valence-corrected chi connectivity index (χ2v) is 6.91. The number of hydrogen-bond donors (Lipinski definition) is 0. The average Bonchev–Trinajstić information content (AvgIpc) is 3.21. The molecule has 0 bridgehead atoms. The third-order valence-electron chi connectivity index (χ3n) is 5.52. The summed E-state index contributed by atoms with van der Waals surface area (Å²) in [6, 6.07) is 11.8. The highest BCUT2D eigenvalue weighted by molar-refractivity contribution is 5.95. The lowest BCUT2D eigenvalue weighted by atomic mass is 9.73. The summed E-state index contributed by atoms with van der Waals surface area (Å²) in [6.07, 6.45) is 3.69. The summed E-state index contributed by atoms with van der Waals surface area (Å²) < 4.78 is 0. The van der Waals surface area contributed by atoms with Gasteiger partial charge in [-0.1, -0.05) is 30.3 Å². The SMILES string of the molecule is CN1C[C@H](c2ccccc2)[C@@]2(CCN(C(=O)c3ccnnc3)C2)C1=O. The molecular formula is C19H20N4O2. The summed E-state index contributed by atoms with van der Waals surface area (Å²) in [7, 11) is 1.85.